The Morgan fingerprint density at radius 3 is 3.00 bits per heavy atom. The van der Waals surface area contributed by atoms with E-state index < -0.39 is 0 Å². The standard InChI is InChI=1S/C8H5ClN2OS2/c1-13-7-6-5(10-8(9)11-7)2-4(3-12)14-6/h2-3H,1H3. The number of thiophene rings is 1. The zero-order valence-corrected chi connectivity index (χ0v) is 9.54. The predicted octanol–water partition coefficient (Wildman–Crippen LogP) is 2.88. The van der Waals surface area contributed by atoms with Gasteiger partial charge in [0.1, 0.15) is 5.03 Å². The van der Waals surface area contributed by atoms with E-state index in [-0.39, 0.29) is 5.28 Å². The lowest BCUT2D eigenvalue weighted by atomic mass is 10.4. The summed E-state index contributed by atoms with van der Waals surface area (Å²) in [7, 11) is 0. The third-order valence-corrected chi connectivity index (χ3v) is 3.68. The van der Waals surface area contributed by atoms with E-state index in [1.807, 2.05) is 6.26 Å². The van der Waals surface area contributed by atoms with Crippen molar-refractivity contribution in [1.29, 1.82) is 0 Å². The smallest absolute Gasteiger partial charge is 0.224 e. The number of rotatable bonds is 2. The molecule has 2 aromatic heterocycles. The number of aromatic nitrogens is 2. The third kappa shape index (κ3) is 1.63. The summed E-state index contributed by atoms with van der Waals surface area (Å²) in [5, 5.41) is 1.04. The molecule has 0 fully saturated rings. The van der Waals surface area contributed by atoms with Gasteiger partial charge < -0.3 is 0 Å². The molecular formula is C8H5ClN2OS2. The van der Waals surface area contributed by atoms with Gasteiger partial charge in [0.2, 0.25) is 5.28 Å². The first kappa shape index (κ1) is 9.89. The number of thioether (sulfide) groups is 1. The summed E-state index contributed by atoms with van der Waals surface area (Å²) < 4.78 is 0.920. The lowest BCUT2D eigenvalue weighted by molar-refractivity contribution is 0.112. The molecule has 0 radical (unpaired) electrons. The van der Waals surface area contributed by atoms with Crippen LogP contribution in [0.2, 0.25) is 5.28 Å². The van der Waals surface area contributed by atoms with E-state index in [0.29, 0.717) is 4.88 Å². The van der Waals surface area contributed by atoms with Crippen molar-refractivity contribution in [2.45, 2.75) is 5.03 Å². The minimum Gasteiger partial charge on any atom is -0.297 e. The summed E-state index contributed by atoms with van der Waals surface area (Å²) in [4.78, 5) is 19.4. The van der Waals surface area contributed by atoms with Crippen LogP contribution in [0.5, 0.6) is 0 Å². The van der Waals surface area contributed by atoms with E-state index in [2.05, 4.69) is 9.97 Å². The Balaban J connectivity index is 2.77. The van der Waals surface area contributed by atoms with Crippen LogP contribution in [-0.2, 0) is 0 Å². The highest BCUT2D eigenvalue weighted by atomic mass is 35.5. The Kier molecular flexibility index (Phi) is 2.71. The Hall–Kier alpha value is -0.650. The highest BCUT2D eigenvalue weighted by molar-refractivity contribution is 7.98. The first-order valence-electron chi connectivity index (χ1n) is 3.71. The van der Waals surface area contributed by atoms with Crippen LogP contribution < -0.4 is 0 Å². The maximum absolute atomic E-state index is 10.6. The second-order valence-electron chi connectivity index (χ2n) is 2.48. The lowest BCUT2D eigenvalue weighted by Gasteiger charge is -1.96. The minimum atomic E-state index is 0.220. The zero-order chi connectivity index (χ0) is 10.1. The van der Waals surface area contributed by atoms with Gasteiger partial charge in [-0.1, -0.05) is 0 Å². The van der Waals surface area contributed by atoms with Crippen LogP contribution in [0.15, 0.2) is 11.1 Å². The van der Waals surface area contributed by atoms with Gasteiger partial charge in [0.15, 0.2) is 6.29 Å². The monoisotopic (exact) mass is 244 g/mol. The van der Waals surface area contributed by atoms with E-state index in [1.54, 1.807) is 6.07 Å². The summed E-state index contributed by atoms with van der Waals surface area (Å²) in [5.41, 5.74) is 0.737. The molecule has 14 heavy (non-hydrogen) atoms. The second kappa shape index (κ2) is 3.84. The summed E-state index contributed by atoms with van der Waals surface area (Å²) in [6.07, 6.45) is 2.72. The minimum absolute atomic E-state index is 0.220. The number of hydrogen-bond acceptors (Lipinski definition) is 5. The number of hydrogen-bond donors (Lipinski definition) is 0. The Morgan fingerprint density at radius 1 is 1.57 bits per heavy atom. The van der Waals surface area contributed by atoms with Gasteiger partial charge in [-0.2, -0.15) is 0 Å². The normalized spacial score (nSPS) is 10.7. The summed E-state index contributed by atoms with van der Waals surface area (Å²) in [6, 6.07) is 1.72. The molecule has 0 amide bonds. The van der Waals surface area contributed by atoms with Gasteiger partial charge in [0.05, 0.1) is 15.1 Å². The fourth-order valence-corrected chi connectivity index (χ4v) is 2.96. The summed E-state index contributed by atoms with van der Waals surface area (Å²) in [5.74, 6) is 0. The molecule has 6 heteroatoms. The molecule has 0 aliphatic rings. The molecule has 2 rings (SSSR count). The van der Waals surface area contributed by atoms with Crippen molar-refractivity contribution in [3.8, 4) is 0 Å². The number of halogens is 1. The van der Waals surface area contributed by atoms with Crippen LogP contribution >= 0.6 is 34.7 Å². The van der Waals surface area contributed by atoms with Gasteiger partial charge >= 0.3 is 0 Å². The topological polar surface area (TPSA) is 42.9 Å². The summed E-state index contributed by atoms with van der Waals surface area (Å²) >= 11 is 8.62. The van der Waals surface area contributed by atoms with Crippen LogP contribution in [0.3, 0.4) is 0 Å². The molecule has 0 aliphatic heterocycles. The highest BCUT2D eigenvalue weighted by Crippen LogP contribution is 2.31. The summed E-state index contributed by atoms with van der Waals surface area (Å²) in [6.45, 7) is 0. The first-order valence-corrected chi connectivity index (χ1v) is 6.12. The predicted molar refractivity (Wildman–Crippen MR) is 59.6 cm³/mol. The molecule has 2 heterocycles. The molecule has 0 unspecified atom stereocenters. The van der Waals surface area contributed by atoms with Gasteiger partial charge in [-0.15, -0.1) is 23.1 Å². The maximum atomic E-state index is 10.6. The fourth-order valence-electron chi connectivity index (χ4n) is 1.09. The van der Waals surface area contributed by atoms with Gasteiger partial charge in [0, 0.05) is 0 Å². The number of carbonyl (C=O) groups is 1. The molecule has 0 spiro atoms. The molecule has 0 aliphatic carbocycles. The fraction of sp³-hybridized carbons (Fsp3) is 0.125. The zero-order valence-electron chi connectivity index (χ0n) is 7.15. The molecular weight excluding hydrogens is 240 g/mol. The van der Waals surface area contributed by atoms with Crippen LogP contribution in [0.25, 0.3) is 10.2 Å². The molecule has 72 valence electrons. The Bertz CT molecular complexity index is 497. The van der Waals surface area contributed by atoms with E-state index in [4.69, 9.17) is 11.6 Å². The van der Waals surface area contributed by atoms with E-state index in [1.165, 1.54) is 23.1 Å². The molecule has 2 aromatic rings. The van der Waals surface area contributed by atoms with Gasteiger partial charge in [0.25, 0.3) is 0 Å². The van der Waals surface area contributed by atoms with Crippen molar-refractivity contribution in [3.63, 3.8) is 0 Å². The van der Waals surface area contributed by atoms with Crippen molar-refractivity contribution < 1.29 is 4.79 Å². The van der Waals surface area contributed by atoms with Crippen molar-refractivity contribution in [3.05, 3.63) is 16.2 Å². The average Bonchev–Trinajstić information content (AvgIpc) is 2.59. The van der Waals surface area contributed by atoms with E-state index in [9.17, 15) is 4.79 Å². The molecule has 3 nitrogen and oxygen atoms in total. The van der Waals surface area contributed by atoms with Crippen molar-refractivity contribution >= 4 is 51.2 Å². The van der Waals surface area contributed by atoms with E-state index >= 15 is 0 Å². The molecule has 0 atom stereocenters. The number of fused-ring (bicyclic) bond motifs is 1. The van der Waals surface area contributed by atoms with Crippen molar-refractivity contribution in [1.82, 2.24) is 9.97 Å². The lowest BCUT2D eigenvalue weighted by Crippen LogP contribution is -1.84. The van der Waals surface area contributed by atoms with Crippen molar-refractivity contribution in [2.24, 2.45) is 0 Å². The van der Waals surface area contributed by atoms with Crippen molar-refractivity contribution in [2.75, 3.05) is 6.26 Å². The van der Waals surface area contributed by atoms with Crippen LogP contribution in [-0.4, -0.2) is 22.5 Å². The van der Waals surface area contributed by atoms with Crippen LogP contribution in [0, 0.1) is 0 Å². The number of aldehydes is 1. The van der Waals surface area contributed by atoms with Crippen LogP contribution in [0.1, 0.15) is 9.67 Å². The van der Waals surface area contributed by atoms with Gasteiger partial charge in [-0.25, -0.2) is 9.97 Å². The second-order valence-corrected chi connectivity index (χ2v) is 4.70. The SMILES string of the molecule is CSc1nc(Cl)nc2cc(C=O)sc12. The Labute approximate surface area is 93.5 Å². The van der Waals surface area contributed by atoms with Crippen LogP contribution in [0.4, 0.5) is 0 Å². The molecule has 0 saturated heterocycles. The quantitative estimate of drug-likeness (QED) is 0.353. The maximum Gasteiger partial charge on any atom is 0.224 e. The Morgan fingerprint density at radius 2 is 2.36 bits per heavy atom. The number of carbonyl (C=O) groups excluding carboxylic acids is 1. The molecule has 0 aromatic carbocycles. The highest BCUT2D eigenvalue weighted by Gasteiger charge is 2.09. The molecule has 0 bridgehead atoms. The largest absolute Gasteiger partial charge is 0.297 e. The van der Waals surface area contributed by atoms with E-state index in [0.717, 1.165) is 21.5 Å². The molecule has 0 saturated carbocycles. The third-order valence-electron chi connectivity index (χ3n) is 1.64. The van der Waals surface area contributed by atoms with Gasteiger partial charge in [-0.05, 0) is 23.9 Å². The number of nitrogens with zero attached hydrogens (tertiary/aromatic N) is 2. The first-order chi connectivity index (χ1) is 6.74. The average molecular weight is 245 g/mol. The van der Waals surface area contributed by atoms with Gasteiger partial charge in [-0.3, -0.25) is 4.79 Å². The molecule has 0 N–H and O–H groups in total.